The van der Waals surface area contributed by atoms with Gasteiger partial charge in [-0.25, -0.2) is 9.59 Å². The summed E-state index contributed by atoms with van der Waals surface area (Å²) in [6, 6.07) is 7.77. The van der Waals surface area contributed by atoms with Gasteiger partial charge in [0.2, 0.25) is 6.29 Å². The molecule has 0 amide bonds. The lowest BCUT2D eigenvalue weighted by Gasteiger charge is -2.25. The van der Waals surface area contributed by atoms with Gasteiger partial charge in [0.25, 0.3) is 0 Å². The number of thioether (sulfide) groups is 1. The Balaban J connectivity index is 1.54. The van der Waals surface area contributed by atoms with E-state index in [0.29, 0.717) is 12.0 Å². The molecule has 8 heteroatoms. The average Bonchev–Trinajstić information content (AvgIpc) is 2.71. The molecular weight excluding hydrogens is 408 g/mol. The monoisotopic (exact) mass is 428 g/mol. The Morgan fingerprint density at radius 2 is 1.97 bits per heavy atom. The highest BCUT2D eigenvalue weighted by Crippen LogP contribution is 2.42. The van der Waals surface area contributed by atoms with E-state index in [4.69, 9.17) is 14.2 Å². The van der Waals surface area contributed by atoms with E-state index in [1.54, 1.807) is 6.08 Å². The lowest BCUT2D eigenvalue weighted by molar-refractivity contribution is -0.187. The van der Waals surface area contributed by atoms with Crippen LogP contribution in [0, 0.1) is 5.92 Å². The van der Waals surface area contributed by atoms with Crippen LogP contribution in [0.1, 0.15) is 19.4 Å². The summed E-state index contributed by atoms with van der Waals surface area (Å²) in [6.45, 7) is 5.52. The maximum Gasteiger partial charge on any atom is 0.347 e. The number of fused-ring (bicyclic) bond motifs is 1. The number of ketones is 1. The number of Topliss-reactive ketones (excluding diaryl/α,β-unsaturated/α-hetero) is 1. The molecule has 0 N–H and O–H groups in total. The Kier molecular flexibility index (Phi) is 6.56. The molecule has 2 aliphatic rings. The third-order valence-corrected chi connectivity index (χ3v) is 5.60. The number of carbonyl (C=O) groups is 4. The molecule has 1 heterocycles. The molecule has 0 fully saturated rings. The molecule has 30 heavy (non-hydrogen) atoms. The third kappa shape index (κ3) is 4.88. The van der Waals surface area contributed by atoms with Crippen LogP contribution in [0.4, 0.5) is 0 Å². The molecule has 0 radical (unpaired) electrons. The van der Waals surface area contributed by atoms with Crippen molar-refractivity contribution in [1.29, 1.82) is 0 Å². The topological polar surface area (TPSA) is 96.0 Å². The van der Waals surface area contributed by atoms with Gasteiger partial charge in [-0.15, -0.1) is 0 Å². The highest BCUT2D eigenvalue weighted by Gasteiger charge is 2.35. The summed E-state index contributed by atoms with van der Waals surface area (Å²) in [6.07, 6.45) is 2.50. The van der Waals surface area contributed by atoms with Crippen LogP contribution in [0.25, 0.3) is 0 Å². The number of ether oxygens (including phenoxy) is 3. The SMILES string of the molecule is C=C(C)C(=O)OC(C)OC(=O)COC(=O)C1C=CC2=C(Cc3ccccc3S2)C1=O. The summed E-state index contributed by atoms with van der Waals surface area (Å²) >= 11 is 1.49. The molecule has 0 bridgehead atoms. The number of allylic oxidation sites excluding steroid dienone is 2. The maximum atomic E-state index is 12.8. The first-order valence-corrected chi connectivity index (χ1v) is 10.0. The van der Waals surface area contributed by atoms with E-state index in [9.17, 15) is 19.2 Å². The lowest BCUT2D eigenvalue weighted by atomic mass is 9.88. The minimum absolute atomic E-state index is 0.157. The van der Waals surface area contributed by atoms with Crippen molar-refractivity contribution in [2.45, 2.75) is 31.5 Å². The van der Waals surface area contributed by atoms with E-state index in [1.807, 2.05) is 24.3 Å². The molecule has 1 aromatic rings. The third-order valence-electron chi connectivity index (χ3n) is 4.38. The summed E-state index contributed by atoms with van der Waals surface area (Å²) in [5, 5.41) is 0. The molecule has 2 unspecified atom stereocenters. The first-order chi connectivity index (χ1) is 14.3. The van der Waals surface area contributed by atoms with Crippen LogP contribution in [-0.4, -0.2) is 36.6 Å². The largest absolute Gasteiger partial charge is 0.453 e. The number of hydrogen-bond acceptors (Lipinski definition) is 8. The number of carbonyl (C=O) groups excluding carboxylic acids is 4. The highest BCUT2D eigenvalue weighted by molar-refractivity contribution is 8.03. The second-order valence-electron chi connectivity index (χ2n) is 6.78. The first-order valence-electron chi connectivity index (χ1n) is 9.20. The van der Waals surface area contributed by atoms with Crippen LogP contribution in [0.2, 0.25) is 0 Å². The Bertz CT molecular complexity index is 989. The van der Waals surface area contributed by atoms with Crippen LogP contribution in [0.15, 0.2) is 63.9 Å². The van der Waals surface area contributed by atoms with E-state index in [0.717, 1.165) is 15.4 Å². The van der Waals surface area contributed by atoms with Crippen molar-refractivity contribution >= 4 is 35.5 Å². The van der Waals surface area contributed by atoms with Crippen LogP contribution in [0.5, 0.6) is 0 Å². The first kappa shape index (κ1) is 21.6. The average molecular weight is 428 g/mol. The van der Waals surface area contributed by atoms with Gasteiger partial charge in [-0.1, -0.05) is 48.7 Å². The zero-order valence-corrected chi connectivity index (χ0v) is 17.3. The van der Waals surface area contributed by atoms with E-state index in [-0.39, 0.29) is 11.4 Å². The molecule has 0 saturated heterocycles. The van der Waals surface area contributed by atoms with Crippen LogP contribution < -0.4 is 0 Å². The number of esters is 3. The van der Waals surface area contributed by atoms with Crippen LogP contribution >= 0.6 is 11.8 Å². The zero-order valence-electron chi connectivity index (χ0n) is 16.5. The van der Waals surface area contributed by atoms with Crippen LogP contribution in [-0.2, 0) is 39.8 Å². The van der Waals surface area contributed by atoms with Gasteiger partial charge in [-0.2, -0.15) is 0 Å². The van der Waals surface area contributed by atoms with Crippen molar-refractivity contribution in [2.75, 3.05) is 6.61 Å². The summed E-state index contributed by atoms with van der Waals surface area (Å²) in [7, 11) is 0. The minimum Gasteiger partial charge on any atom is -0.453 e. The van der Waals surface area contributed by atoms with Crippen LogP contribution in [0.3, 0.4) is 0 Å². The zero-order chi connectivity index (χ0) is 21.8. The highest BCUT2D eigenvalue weighted by atomic mass is 32.2. The number of rotatable bonds is 6. The van der Waals surface area contributed by atoms with Crippen molar-refractivity contribution in [1.82, 2.24) is 0 Å². The summed E-state index contributed by atoms with van der Waals surface area (Å²) in [4.78, 5) is 50.3. The van der Waals surface area contributed by atoms with Crippen molar-refractivity contribution in [3.05, 3.63) is 64.6 Å². The van der Waals surface area contributed by atoms with E-state index in [2.05, 4.69) is 6.58 Å². The minimum atomic E-state index is -1.16. The van der Waals surface area contributed by atoms with Crippen molar-refractivity contribution in [3.63, 3.8) is 0 Å². The van der Waals surface area contributed by atoms with Gasteiger partial charge in [-0.3, -0.25) is 9.59 Å². The number of hydrogen-bond donors (Lipinski definition) is 0. The Morgan fingerprint density at radius 3 is 2.70 bits per heavy atom. The van der Waals surface area contributed by atoms with Crippen molar-refractivity contribution < 1.29 is 33.4 Å². The molecule has 0 spiro atoms. The molecule has 0 aromatic heterocycles. The van der Waals surface area contributed by atoms with Gasteiger partial charge in [0.15, 0.2) is 12.4 Å². The number of benzene rings is 1. The summed E-state index contributed by atoms with van der Waals surface area (Å²) in [5.41, 5.74) is 1.74. The van der Waals surface area contributed by atoms with Crippen molar-refractivity contribution in [2.24, 2.45) is 5.92 Å². The Labute approximate surface area is 177 Å². The molecule has 1 aliphatic carbocycles. The van der Waals surface area contributed by atoms with Gasteiger partial charge >= 0.3 is 17.9 Å². The molecule has 3 rings (SSSR count). The molecule has 1 aromatic carbocycles. The summed E-state index contributed by atoms with van der Waals surface area (Å²) < 4.78 is 14.6. The smallest absolute Gasteiger partial charge is 0.347 e. The van der Waals surface area contributed by atoms with Gasteiger partial charge in [0.05, 0.1) is 0 Å². The summed E-state index contributed by atoms with van der Waals surface area (Å²) in [5.74, 6) is -3.89. The van der Waals surface area contributed by atoms with Gasteiger partial charge in [0, 0.05) is 34.3 Å². The fourth-order valence-corrected chi connectivity index (χ4v) is 4.01. The predicted octanol–water partition coefficient (Wildman–Crippen LogP) is 2.90. The van der Waals surface area contributed by atoms with Gasteiger partial charge in [-0.05, 0) is 18.6 Å². The standard InChI is InChI=1S/C22H20O7S/c1-12(2)21(25)29-13(3)28-19(23)11-27-22(26)15-8-9-18-16(20(15)24)10-14-6-4-5-7-17(14)30-18/h4-9,13,15H,1,10-11H2,2-3H3. The van der Waals surface area contributed by atoms with Gasteiger partial charge < -0.3 is 14.2 Å². The van der Waals surface area contributed by atoms with Crippen molar-refractivity contribution in [3.8, 4) is 0 Å². The molecule has 156 valence electrons. The van der Waals surface area contributed by atoms with Gasteiger partial charge in [0.1, 0.15) is 5.92 Å². The molecule has 0 saturated carbocycles. The second kappa shape index (κ2) is 9.13. The normalized spacial score (nSPS) is 18.1. The van der Waals surface area contributed by atoms with E-state index in [1.165, 1.54) is 31.7 Å². The Hall–Kier alpha value is -3.13. The predicted molar refractivity (Wildman–Crippen MR) is 108 cm³/mol. The fraction of sp³-hybridized carbons (Fsp3) is 0.273. The molecule has 2 atom stereocenters. The van der Waals surface area contributed by atoms with E-state index >= 15 is 0 Å². The molecular formula is C22H20O7S. The maximum absolute atomic E-state index is 12.8. The molecule has 1 aliphatic heterocycles. The fourth-order valence-electron chi connectivity index (χ4n) is 2.91. The quantitative estimate of drug-likeness (QED) is 0.295. The lowest BCUT2D eigenvalue weighted by Crippen LogP contribution is -2.32. The van der Waals surface area contributed by atoms with E-state index < -0.39 is 36.7 Å². The molecule has 7 nitrogen and oxygen atoms in total. The Morgan fingerprint density at radius 1 is 1.23 bits per heavy atom. The second-order valence-corrected chi connectivity index (χ2v) is 7.87.